The third-order valence-electron chi connectivity index (χ3n) is 2.96. The Morgan fingerprint density at radius 1 is 1.69 bits per heavy atom. The minimum atomic E-state index is 0.210. The van der Waals surface area contributed by atoms with Crippen LogP contribution in [0.25, 0.3) is 0 Å². The van der Waals surface area contributed by atoms with E-state index < -0.39 is 0 Å². The average Bonchev–Trinajstić information content (AvgIpc) is 2.95. The van der Waals surface area contributed by atoms with Crippen molar-refractivity contribution in [2.24, 2.45) is 5.73 Å². The summed E-state index contributed by atoms with van der Waals surface area (Å²) in [6, 6.07) is 0.253. The number of likely N-dealkylation sites (tertiary alicyclic amines) is 1. The molecule has 0 aliphatic carbocycles. The molecule has 1 fully saturated rings. The maximum absolute atomic E-state index is 11.5. The highest BCUT2D eigenvalue weighted by atomic mass is 16.2. The lowest BCUT2D eigenvalue weighted by Crippen LogP contribution is -2.28. The van der Waals surface area contributed by atoms with Gasteiger partial charge in [0.1, 0.15) is 0 Å². The largest absolute Gasteiger partial charge is 0.340 e. The zero-order valence-electron chi connectivity index (χ0n) is 9.46. The summed E-state index contributed by atoms with van der Waals surface area (Å²) >= 11 is 0. The first kappa shape index (κ1) is 11.1. The maximum Gasteiger partial charge on any atom is 0.222 e. The van der Waals surface area contributed by atoms with E-state index in [1.54, 1.807) is 0 Å². The first-order chi connectivity index (χ1) is 7.74. The van der Waals surface area contributed by atoms with E-state index >= 15 is 0 Å². The number of carbonyl (C=O) groups excluding carboxylic acids is 1. The topological polar surface area (TPSA) is 77.0 Å². The van der Waals surface area contributed by atoms with Crippen molar-refractivity contribution in [2.45, 2.75) is 32.4 Å². The number of nitrogens with two attached hydrogens (primary N) is 1. The van der Waals surface area contributed by atoms with Gasteiger partial charge >= 0.3 is 0 Å². The average molecular weight is 223 g/mol. The van der Waals surface area contributed by atoms with E-state index in [0.29, 0.717) is 13.0 Å². The summed E-state index contributed by atoms with van der Waals surface area (Å²) in [5, 5.41) is 7.99. The molecule has 0 bridgehead atoms. The normalized spacial score (nSPS) is 20.4. The third kappa shape index (κ3) is 2.06. The number of hydrogen-bond donors (Lipinski definition) is 1. The summed E-state index contributed by atoms with van der Waals surface area (Å²) in [5.74, 6) is 0.210. The minimum Gasteiger partial charge on any atom is -0.340 e. The second-order valence-electron chi connectivity index (χ2n) is 4.03. The Morgan fingerprint density at radius 3 is 3.12 bits per heavy atom. The van der Waals surface area contributed by atoms with Crippen LogP contribution >= 0.6 is 0 Å². The lowest BCUT2D eigenvalue weighted by atomic mass is 10.3. The maximum atomic E-state index is 11.5. The van der Waals surface area contributed by atoms with Crippen molar-refractivity contribution in [3.8, 4) is 0 Å². The summed E-state index contributed by atoms with van der Waals surface area (Å²) in [6.45, 7) is 3.84. The minimum absolute atomic E-state index is 0.210. The van der Waals surface area contributed by atoms with E-state index in [0.717, 1.165) is 25.2 Å². The van der Waals surface area contributed by atoms with Gasteiger partial charge in [-0.1, -0.05) is 12.1 Å². The summed E-state index contributed by atoms with van der Waals surface area (Å²) in [7, 11) is 0. The molecule has 1 aromatic heterocycles. The van der Waals surface area contributed by atoms with Gasteiger partial charge in [0.25, 0.3) is 0 Å². The molecule has 2 heterocycles. The predicted molar refractivity (Wildman–Crippen MR) is 58.4 cm³/mol. The number of amides is 1. The first-order valence-electron chi connectivity index (χ1n) is 5.63. The van der Waals surface area contributed by atoms with E-state index in [2.05, 4.69) is 10.3 Å². The molecule has 1 atom stereocenters. The van der Waals surface area contributed by atoms with Crippen molar-refractivity contribution in [1.82, 2.24) is 19.9 Å². The highest BCUT2D eigenvalue weighted by Crippen LogP contribution is 2.21. The van der Waals surface area contributed by atoms with Gasteiger partial charge in [-0.25, -0.2) is 4.68 Å². The van der Waals surface area contributed by atoms with Crippen LogP contribution in [0.15, 0.2) is 6.20 Å². The Hall–Kier alpha value is -1.43. The molecule has 2 N–H and O–H groups in total. The molecule has 1 aliphatic rings. The Balaban J connectivity index is 2.00. The lowest BCUT2D eigenvalue weighted by molar-refractivity contribution is -0.129. The van der Waals surface area contributed by atoms with Crippen molar-refractivity contribution in [3.05, 3.63) is 11.9 Å². The highest BCUT2D eigenvalue weighted by Gasteiger charge is 2.27. The van der Waals surface area contributed by atoms with Gasteiger partial charge in [0.05, 0.1) is 17.9 Å². The molecule has 2 rings (SSSR count). The SMILES string of the molecule is CCC(=O)N1CCC(n2cc(CN)nn2)C1. The molecule has 16 heavy (non-hydrogen) atoms. The summed E-state index contributed by atoms with van der Waals surface area (Å²) < 4.78 is 1.82. The number of rotatable bonds is 3. The van der Waals surface area contributed by atoms with Crippen LogP contribution in [0.1, 0.15) is 31.5 Å². The molecule has 1 aromatic rings. The van der Waals surface area contributed by atoms with Crippen molar-refractivity contribution in [1.29, 1.82) is 0 Å². The van der Waals surface area contributed by atoms with Gasteiger partial charge in [-0.2, -0.15) is 0 Å². The standard InChI is InChI=1S/C10H17N5O/c1-2-10(16)14-4-3-9(7-14)15-6-8(5-11)12-13-15/h6,9H,2-5,7,11H2,1H3. The van der Waals surface area contributed by atoms with E-state index in [-0.39, 0.29) is 11.9 Å². The van der Waals surface area contributed by atoms with Gasteiger partial charge in [0.15, 0.2) is 0 Å². The predicted octanol–water partition coefficient (Wildman–Crippen LogP) is -0.0798. The molecule has 1 saturated heterocycles. The van der Waals surface area contributed by atoms with Gasteiger partial charge in [0, 0.05) is 26.1 Å². The molecule has 0 radical (unpaired) electrons. The second kappa shape index (κ2) is 4.61. The number of aromatic nitrogens is 3. The van der Waals surface area contributed by atoms with Gasteiger partial charge < -0.3 is 10.6 Å². The Morgan fingerprint density at radius 2 is 2.50 bits per heavy atom. The Kier molecular flexibility index (Phi) is 3.19. The van der Waals surface area contributed by atoms with Gasteiger partial charge in [0.2, 0.25) is 5.91 Å². The van der Waals surface area contributed by atoms with Crippen LogP contribution in [0.3, 0.4) is 0 Å². The first-order valence-corrected chi connectivity index (χ1v) is 5.63. The van der Waals surface area contributed by atoms with Crippen molar-refractivity contribution < 1.29 is 4.79 Å². The van der Waals surface area contributed by atoms with E-state index in [1.807, 2.05) is 22.7 Å². The molecule has 1 aliphatic heterocycles. The quantitative estimate of drug-likeness (QED) is 0.777. The van der Waals surface area contributed by atoms with E-state index in [1.165, 1.54) is 0 Å². The summed E-state index contributed by atoms with van der Waals surface area (Å²) in [5.41, 5.74) is 6.27. The van der Waals surface area contributed by atoms with Crippen LogP contribution in [0, 0.1) is 0 Å². The molecule has 6 heteroatoms. The number of carbonyl (C=O) groups is 1. The molecule has 88 valence electrons. The van der Waals surface area contributed by atoms with E-state index in [9.17, 15) is 4.79 Å². The molecule has 1 amide bonds. The monoisotopic (exact) mass is 223 g/mol. The Bertz CT molecular complexity index is 375. The van der Waals surface area contributed by atoms with Crippen LogP contribution in [-0.2, 0) is 11.3 Å². The molecule has 0 spiro atoms. The fourth-order valence-electron chi connectivity index (χ4n) is 1.99. The van der Waals surface area contributed by atoms with Crippen LogP contribution in [0.5, 0.6) is 0 Å². The summed E-state index contributed by atoms with van der Waals surface area (Å²) in [6.07, 6.45) is 3.38. The number of nitrogens with zero attached hydrogens (tertiary/aromatic N) is 4. The second-order valence-corrected chi connectivity index (χ2v) is 4.03. The van der Waals surface area contributed by atoms with Crippen molar-refractivity contribution in [3.63, 3.8) is 0 Å². The van der Waals surface area contributed by atoms with Crippen molar-refractivity contribution >= 4 is 5.91 Å². The molecule has 6 nitrogen and oxygen atoms in total. The van der Waals surface area contributed by atoms with Crippen LogP contribution in [-0.4, -0.2) is 38.9 Å². The zero-order valence-corrected chi connectivity index (χ0v) is 9.46. The van der Waals surface area contributed by atoms with Crippen LogP contribution in [0.2, 0.25) is 0 Å². The smallest absolute Gasteiger partial charge is 0.222 e. The molecule has 0 saturated carbocycles. The fraction of sp³-hybridized carbons (Fsp3) is 0.700. The molecular weight excluding hydrogens is 206 g/mol. The fourth-order valence-corrected chi connectivity index (χ4v) is 1.99. The van der Waals surface area contributed by atoms with Gasteiger partial charge in [-0.3, -0.25) is 4.79 Å². The number of hydrogen-bond acceptors (Lipinski definition) is 4. The molecule has 1 unspecified atom stereocenters. The molecule has 0 aromatic carbocycles. The van der Waals surface area contributed by atoms with Crippen LogP contribution in [0.4, 0.5) is 0 Å². The van der Waals surface area contributed by atoms with E-state index in [4.69, 9.17) is 5.73 Å². The zero-order chi connectivity index (χ0) is 11.5. The Labute approximate surface area is 94.4 Å². The van der Waals surface area contributed by atoms with Crippen LogP contribution < -0.4 is 5.73 Å². The van der Waals surface area contributed by atoms with Crippen molar-refractivity contribution in [2.75, 3.05) is 13.1 Å². The summed E-state index contributed by atoms with van der Waals surface area (Å²) in [4.78, 5) is 13.4. The third-order valence-corrected chi connectivity index (χ3v) is 2.96. The highest BCUT2D eigenvalue weighted by molar-refractivity contribution is 5.76. The van der Waals surface area contributed by atoms with Gasteiger partial charge in [-0.15, -0.1) is 5.10 Å². The molecular formula is C10H17N5O. The van der Waals surface area contributed by atoms with Gasteiger partial charge in [-0.05, 0) is 6.42 Å². The lowest BCUT2D eigenvalue weighted by Gasteiger charge is -2.15.